The highest BCUT2D eigenvalue weighted by Crippen LogP contribution is 2.54. The smallest absolute Gasteiger partial charge is 0.228 e. The third-order valence-electron chi connectivity index (χ3n) is 20.1. The minimum absolute atomic E-state index is 0.410. The molecule has 0 fully saturated rings. The second kappa shape index (κ2) is 21.7. The van der Waals surface area contributed by atoms with E-state index in [4.69, 9.17) is 9.40 Å². The van der Waals surface area contributed by atoms with Crippen LogP contribution in [-0.2, 0) is 0 Å². The first-order valence-corrected chi connectivity index (χ1v) is 33.1. The van der Waals surface area contributed by atoms with Crippen molar-refractivity contribution in [3.8, 4) is 84.8 Å². The van der Waals surface area contributed by atoms with Gasteiger partial charge in [0.1, 0.15) is 11.6 Å². The van der Waals surface area contributed by atoms with Crippen LogP contribution in [0.5, 0.6) is 0 Å². The molecule has 0 spiro atoms. The molecule has 0 N–H and O–H groups in total. The zero-order valence-corrected chi connectivity index (χ0v) is 53.8. The van der Waals surface area contributed by atoms with Gasteiger partial charge >= 0.3 is 0 Å². The minimum Gasteiger partial charge on any atom is -0.436 e. The Hall–Kier alpha value is -12.8. The maximum absolute atomic E-state index is 12.6. The summed E-state index contributed by atoms with van der Waals surface area (Å²) in [6, 6.07) is 108. The van der Waals surface area contributed by atoms with E-state index in [-0.39, 0.29) is 0 Å². The average Bonchev–Trinajstić information content (AvgIpc) is 1.06. The second-order valence-corrected chi connectivity index (χ2v) is 26.0. The number of rotatable bonds is 9. The second-order valence-electron chi connectivity index (χ2n) is 26.0. The molecule has 0 saturated heterocycles. The fourth-order valence-electron chi connectivity index (χ4n) is 15.8. The largest absolute Gasteiger partial charge is 0.436 e. The fraction of sp³-hybridized carbons (Fsp3) is 0.0444. The van der Waals surface area contributed by atoms with Crippen molar-refractivity contribution in [2.45, 2.75) is 27.7 Å². The van der Waals surface area contributed by atoms with Gasteiger partial charge in [-0.25, -0.2) is 4.98 Å². The van der Waals surface area contributed by atoms with Crippen LogP contribution in [0, 0.1) is 39.0 Å². The molecule has 456 valence electrons. The Morgan fingerprint density at radius 1 is 0.278 bits per heavy atom. The lowest BCUT2D eigenvalue weighted by molar-refractivity contribution is 0.620. The quantitative estimate of drug-likeness (QED) is 0.145. The van der Waals surface area contributed by atoms with Gasteiger partial charge in [-0.2, -0.15) is 5.26 Å². The third kappa shape index (κ3) is 8.63. The highest BCUT2D eigenvalue weighted by atomic mass is 16.3. The average molecular weight is 1240 g/mol. The topological polar surface area (TPSA) is 69.5 Å². The number of aryl methyl sites for hydroxylation is 4. The number of para-hydroxylation sites is 6. The van der Waals surface area contributed by atoms with Crippen LogP contribution in [0.2, 0.25) is 0 Å². The number of hydrogen-bond acceptors (Lipinski definition) is 3. The molecule has 14 aromatic carbocycles. The molecule has 7 nitrogen and oxygen atoms in total. The van der Waals surface area contributed by atoms with E-state index in [0.717, 1.165) is 106 Å². The first kappa shape index (κ1) is 55.8. The molecular formula is C90H60N6O. The molecule has 0 aliphatic carbocycles. The fourth-order valence-corrected chi connectivity index (χ4v) is 15.8. The van der Waals surface area contributed by atoms with E-state index in [2.05, 4.69) is 319 Å². The van der Waals surface area contributed by atoms with Crippen molar-refractivity contribution in [1.29, 1.82) is 5.26 Å². The monoisotopic (exact) mass is 1240 g/mol. The molecule has 0 aliphatic rings. The Labute approximate surface area is 559 Å². The van der Waals surface area contributed by atoms with E-state index < -0.39 is 0 Å². The molecule has 97 heavy (non-hydrogen) atoms. The summed E-state index contributed by atoms with van der Waals surface area (Å²) in [5.74, 6) is 0.410. The summed E-state index contributed by atoms with van der Waals surface area (Å²) >= 11 is 0. The Morgan fingerprint density at radius 2 is 0.557 bits per heavy atom. The van der Waals surface area contributed by atoms with Crippen molar-refractivity contribution < 1.29 is 4.42 Å². The van der Waals surface area contributed by atoms with Crippen molar-refractivity contribution in [3.63, 3.8) is 0 Å². The van der Waals surface area contributed by atoms with Gasteiger partial charge < -0.3 is 22.7 Å². The predicted molar refractivity (Wildman–Crippen MR) is 402 cm³/mol. The highest BCUT2D eigenvalue weighted by Gasteiger charge is 2.32. The van der Waals surface area contributed by atoms with Crippen LogP contribution in [0.1, 0.15) is 27.8 Å². The van der Waals surface area contributed by atoms with Crippen molar-refractivity contribution >= 4 is 98.3 Å². The zero-order chi connectivity index (χ0) is 64.7. The van der Waals surface area contributed by atoms with Gasteiger partial charge in [-0.05, 0) is 189 Å². The van der Waals surface area contributed by atoms with E-state index >= 15 is 0 Å². The van der Waals surface area contributed by atoms with E-state index in [9.17, 15) is 5.26 Å². The standard InChI is InChI=1S/C90H60N6O/c1-54-25-45-80-70(49-54)66-15-5-10-20-76(66)93(80)62-37-29-58(30-38-62)85-74(53-91)86(59-31-39-63(40-32-59)94-77-21-11-6-16-67(77)71-50-55(2)26-46-81(71)94)89(90-92-75-19-9-14-24-84(75)97-90)88(61-35-43-65(44-36-61)96-79-23-13-8-18-69(79)73-52-57(4)28-48-83(73)96)87(85)60-33-41-64(42-34-60)95-78-22-12-7-17-68(78)72-51-56(3)27-47-82(72)95/h5-52H,1-4H3. The lowest BCUT2D eigenvalue weighted by Gasteiger charge is -2.25. The van der Waals surface area contributed by atoms with Crippen LogP contribution in [0.4, 0.5) is 0 Å². The zero-order valence-electron chi connectivity index (χ0n) is 53.8. The predicted octanol–water partition coefficient (Wildman–Crippen LogP) is 23.7. The lowest BCUT2D eigenvalue weighted by atomic mass is 9.77. The summed E-state index contributed by atoms with van der Waals surface area (Å²) in [5, 5.41) is 22.2. The van der Waals surface area contributed by atoms with Gasteiger partial charge in [-0.1, -0.05) is 180 Å². The van der Waals surface area contributed by atoms with Crippen LogP contribution in [-0.4, -0.2) is 23.3 Å². The molecule has 0 bridgehead atoms. The Morgan fingerprint density at radius 3 is 0.887 bits per heavy atom. The summed E-state index contributed by atoms with van der Waals surface area (Å²) in [4.78, 5) is 5.45. The summed E-state index contributed by atoms with van der Waals surface area (Å²) in [5.41, 5.74) is 27.3. The number of oxazole rings is 1. The molecule has 0 aliphatic heterocycles. The Balaban J connectivity index is 0.919. The molecule has 19 aromatic rings. The van der Waals surface area contributed by atoms with Gasteiger partial charge in [0.15, 0.2) is 5.58 Å². The molecule has 0 atom stereocenters. The van der Waals surface area contributed by atoms with Gasteiger partial charge in [0.25, 0.3) is 0 Å². The van der Waals surface area contributed by atoms with Crippen LogP contribution in [0.3, 0.4) is 0 Å². The SMILES string of the molecule is Cc1ccc2c(c1)c1ccccc1n2-c1ccc(-c2c(C#N)c(-c3ccc(-n4c5ccccc5c5cc(C)ccc54)cc3)c(-c3nc4ccccc4o3)c(-c3ccc(-n4c5ccccc5c5cc(C)ccc54)cc3)c2-c2ccc(-n3c4ccccc4c4cc(C)ccc43)cc2)cc1. The lowest BCUT2D eigenvalue weighted by Crippen LogP contribution is -2.03. The molecule has 0 saturated carbocycles. The summed E-state index contributed by atoms with van der Waals surface area (Å²) in [7, 11) is 0. The number of aromatic nitrogens is 5. The number of fused-ring (bicyclic) bond motifs is 13. The van der Waals surface area contributed by atoms with Gasteiger partial charge in [-0.3, -0.25) is 0 Å². The number of benzene rings is 14. The van der Waals surface area contributed by atoms with Crippen LogP contribution in [0.25, 0.3) is 177 Å². The number of nitriles is 1. The van der Waals surface area contributed by atoms with Crippen molar-refractivity contribution in [2.75, 3.05) is 0 Å². The summed E-state index contributed by atoms with van der Waals surface area (Å²) < 4.78 is 16.6. The maximum Gasteiger partial charge on any atom is 0.228 e. The molecule has 0 unspecified atom stereocenters. The molecular weight excluding hydrogens is 1180 g/mol. The first-order chi connectivity index (χ1) is 47.7. The van der Waals surface area contributed by atoms with Crippen molar-refractivity contribution in [2.24, 2.45) is 0 Å². The Bertz CT molecular complexity index is 6490. The van der Waals surface area contributed by atoms with Crippen molar-refractivity contribution in [3.05, 3.63) is 319 Å². The Kier molecular flexibility index (Phi) is 12.5. The van der Waals surface area contributed by atoms with Gasteiger partial charge in [0, 0.05) is 82.5 Å². The van der Waals surface area contributed by atoms with Crippen LogP contribution in [0.15, 0.2) is 296 Å². The van der Waals surface area contributed by atoms with Gasteiger partial charge in [0.2, 0.25) is 5.89 Å². The molecule has 19 rings (SSSR count). The van der Waals surface area contributed by atoms with E-state index in [1.807, 2.05) is 24.3 Å². The molecule has 5 heterocycles. The van der Waals surface area contributed by atoms with E-state index in [1.165, 1.54) is 65.3 Å². The maximum atomic E-state index is 12.6. The van der Waals surface area contributed by atoms with Crippen LogP contribution < -0.4 is 0 Å². The third-order valence-corrected chi connectivity index (χ3v) is 20.1. The normalized spacial score (nSPS) is 11.9. The minimum atomic E-state index is 0.410. The summed E-state index contributed by atoms with van der Waals surface area (Å²) in [6.45, 7) is 8.63. The first-order valence-electron chi connectivity index (χ1n) is 33.1. The van der Waals surface area contributed by atoms with Gasteiger partial charge in [-0.15, -0.1) is 0 Å². The van der Waals surface area contributed by atoms with Crippen molar-refractivity contribution in [1.82, 2.24) is 23.3 Å². The van der Waals surface area contributed by atoms with Gasteiger partial charge in [0.05, 0.1) is 55.3 Å². The summed E-state index contributed by atoms with van der Waals surface area (Å²) in [6.07, 6.45) is 0. The number of nitrogens with zero attached hydrogens (tertiary/aromatic N) is 6. The molecule has 5 aromatic heterocycles. The van der Waals surface area contributed by atoms with E-state index in [0.29, 0.717) is 33.7 Å². The highest BCUT2D eigenvalue weighted by molar-refractivity contribution is 6.15. The molecule has 7 heteroatoms. The molecule has 0 radical (unpaired) electrons. The molecule has 0 amide bonds. The number of hydrogen-bond donors (Lipinski definition) is 0. The van der Waals surface area contributed by atoms with E-state index in [1.54, 1.807) is 0 Å². The van der Waals surface area contributed by atoms with Crippen LogP contribution >= 0.6 is 0 Å².